The molecule has 1 fully saturated rings. The van der Waals surface area contributed by atoms with Crippen LogP contribution in [0.4, 0.5) is 19.0 Å². The van der Waals surface area contributed by atoms with Gasteiger partial charge in [-0.15, -0.1) is 0 Å². The summed E-state index contributed by atoms with van der Waals surface area (Å²) in [6, 6.07) is 3.27. The van der Waals surface area contributed by atoms with E-state index in [1.165, 1.54) is 23.0 Å². The minimum Gasteiger partial charge on any atom is -0.394 e. The first-order chi connectivity index (χ1) is 14.8. The van der Waals surface area contributed by atoms with Crippen LogP contribution in [0.2, 0.25) is 0 Å². The number of fused-ring (bicyclic) bond motifs is 1. The molecular formula is C21H22F3N5O2. The zero-order chi connectivity index (χ0) is 22.2. The predicted molar refractivity (Wildman–Crippen MR) is 110 cm³/mol. The van der Waals surface area contributed by atoms with Crippen molar-refractivity contribution in [1.82, 2.24) is 19.5 Å². The van der Waals surface area contributed by atoms with E-state index in [0.29, 0.717) is 28.0 Å². The van der Waals surface area contributed by atoms with Gasteiger partial charge in [0.15, 0.2) is 5.82 Å². The van der Waals surface area contributed by atoms with Crippen LogP contribution in [0.3, 0.4) is 0 Å². The molecule has 0 amide bonds. The Morgan fingerprint density at radius 1 is 1.16 bits per heavy atom. The van der Waals surface area contributed by atoms with Crippen molar-refractivity contribution in [3.05, 3.63) is 46.8 Å². The van der Waals surface area contributed by atoms with Gasteiger partial charge in [-0.3, -0.25) is 14.3 Å². The number of halogens is 3. The molecule has 1 aliphatic heterocycles. The average molecular weight is 433 g/mol. The molecule has 0 spiro atoms. The van der Waals surface area contributed by atoms with E-state index in [-0.39, 0.29) is 12.2 Å². The highest BCUT2D eigenvalue weighted by atomic mass is 19.4. The molecule has 1 aliphatic rings. The van der Waals surface area contributed by atoms with Crippen molar-refractivity contribution in [3.8, 4) is 11.3 Å². The minimum atomic E-state index is -4.54. The van der Waals surface area contributed by atoms with Gasteiger partial charge in [-0.2, -0.15) is 13.2 Å². The van der Waals surface area contributed by atoms with Gasteiger partial charge in [0.1, 0.15) is 11.2 Å². The summed E-state index contributed by atoms with van der Waals surface area (Å²) in [7, 11) is 0. The van der Waals surface area contributed by atoms with Crippen molar-refractivity contribution in [1.29, 1.82) is 0 Å². The van der Waals surface area contributed by atoms with Crippen LogP contribution in [0.1, 0.15) is 37.9 Å². The summed E-state index contributed by atoms with van der Waals surface area (Å²) < 4.78 is 40.0. The SMILES string of the molecule is C[C@@H](CO)n1cnc2c(N3CCCCC3)nc(-c3ccc(C(F)(F)F)nc3)cc2c1=O. The molecule has 164 valence electrons. The van der Waals surface area contributed by atoms with E-state index in [2.05, 4.69) is 19.9 Å². The first kappa shape index (κ1) is 21.2. The Hall–Kier alpha value is -3.01. The van der Waals surface area contributed by atoms with Gasteiger partial charge in [0.2, 0.25) is 0 Å². The van der Waals surface area contributed by atoms with Crippen molar-refractivity contribution >= 4 is 16.7 Å². The molecular weight excluding hydrogens is 411 g/mol. The molecule has 3 aromatic rings. The lowest BCUT2D eigenvalue weighted by Gasteiger charge is -2.28. The molecule has 31 heavy (non-hydrogen) atoms. The summed E-state index contributed by atoms with van der Waals surface area (Å²) in [5, 5.41) is 9.76. The molecule has 0 radical (unpaired) electrons. The van der Waals surface area contributed by atoms with Gasteiger partial charge in [-0.1, -0.05) is 0 Å². The quantitative estimate of drug-likeness (QED) is 0.679. The lowest BCUT2D eigenvalue weighted by molar-refractivity contribution is -0.141. The number of alkyl halides is 3. The van der Waals surface area contributed by atoms with Crippen molar-refractivity contribution in [2.45, 2.75) is 38.4 Å². The van der Waals surface area contributed by atoms with Crippen LogP contribution in [0.5, 0.6) is 0 Å². The summed E-state index contributed by atoms with van der Waals surface area (Å²) >= 11 is 0. The van der Waals surface area contributed by atoms with E-state index in [4.69, 9.17) is 0 Å². The lowest BCUT2D eigenvalue weighted by Crippen LogP contribution is -2.32. The highest BCUT2D eigenvalue weighted by Gasteiger charge is 2.32. The fraction of sp³-hybridized carbons (Fsp3) is 0.429. The number of aliphatic hydroxyl groups is 1. The highest BCUT2D eigenvalue weighted by molar-refractivity contribution is 5.91. The van der Waals surface area contributed by atoms with E-state index in [1.807, 2.05) is 0 Å². The number of rotatable bonds is 4. The molecule has 1 saturated heterocycles. The van der Waals surface area contributed by atoms with Gasteiger partial charge in [0.05, 0.1) is 30.1 Å². The molecule has 0 bridgehead atoms. The number of pyridine rings is 2. The van der Waals surface area contributed by atoms with Crippen LogP contribution in [-0.2, 0) is 6.18 Å². The fourth-order valence-corrected chi connectivity index (χ4v) is 3.72. The van der Waals surface area contributed by atoms with E-state index >= 15 is 0 Å². The van der Waals surface area contributed by atoms with Gasteiger partial charge >= 0.3 is 6.18 Å². The number of aliphatic hydroxyl groups excluding tert-OH is 1. The average Bonchev–Trinajstić information content (AvgIpc) is 2.78. The van der Waals surface area contributed by atoms with Crippen LogP contribution in [0, 0.1) is 0 Å². The third-order valence-electron chi connectivity index (χ3n) is 5.49. The van der Waals surface area contributed by atoms with E-state index < -0.39 is 17.9 Å². The van der Waals surface area contributed by atoms with Crippen LogP contribution >= 0.6 is 0 Å². The number of piperidine rings is 1. The second-order valence-electron chi connectivity index (χ2n) is 7.69. The Kier molecular flexibility index (Phi) is 5.65. The molecule has 4 rings (SSSR count). The zero-order valence-electron chi connectivity index (χ0n) is 16.9. The molecule has 3 aromatic heterocycles. The third-order valence-corrected chi connectivity index (χ3v) is 5.49. The third kappa shape index (κ3) is 4.12. The summed E-state index contributed by atoms with van der Waals surface area (Å²) in [6.45, 7) is 2.98. The summed E-state index contributed by atoms with van der Waals surface area (Å²) in [4.78, 5) is 27.8. The van der Waals surface area contributed by atoms with Crippen LogP contribution in [0.15, 0.2) is 35.5 Å². The predicted octanol–water partition coefficient (Wildman–Crippen LogP) is 3.42. The normalized spacial score (nSPS) is 16.0. The van der Waals surface area contributed by atoms with Gasteiger partial charge in [-0.25, -0.2) is 9.97 Å². The van der Waals surface area contributed by atoms with E-state index in [0.717, 1.165) is 44.6 Å². The molecule has 1 N–H and O–H groups in total. The summed E-state index contributed by atoms with van der Waals surface area (Å²) in [6.07, 6.45) is 1.04. The van der Waals surface area contributed by atoms with Gasteiger partial charge in [-0.05, 0) is 44.4 Å². The molecule has 7 nitrogen and oxygen atoms in total. The smallest absolute Gasteiger partial charge is 0.394 e. The largest absolute Gasteiger partial charge is 0.433 e. The Morgan fingerprint density at radius 3 is 2.52 bits per heavy atom. The Labute approximate surface area is 176 Å². The van der Waals surface area contributed by atoms with Gasteiger partial charge in [0, 0.05) is 24.8 Å². The van der Waals surface area contributed by atoms with Crippen molar-refractivity contribution in [3.63, 3.8) is 0 Å². The molecule has 0 aliphatic carbocycles. The minimum absolute atomic E-state index is 0.229. The van der Waals surface area contributed by atoms with Crippen molar-refractivity contribution in [2.75, 3.05) is 24.6 Å². The number of aromatic nitrogens is 4. The van der Waals surface area contributed by atoms with Crippen LogP contribution < -0.4 is 10.5 Å². The number of anilines is 1. The first-order valence-corrected chi connectivity index (χ1v) is 10.1. The molecule has 10 heteroatoms. The maximum atomic E-state index is 13.1. The number of hydrogen-bond acceptors (Lipinski definition) is 6. The van der Waals surface area contributed by atoms with Crippen molar-refractivity contribution in [2.24, 2.45) is 0 Å². The lowest BCUT2D eigenvalue weighted by atomic mass is 10.1. The van der Waals surface area contributed by atoms with Gasteiger partial charge < -0.3 is 10.0 Å². The monoisotopic (exact) mass is 433 g/mol. The fourth-order valence-electron chi connectivity index (χ4n) is 3.72. The zero-order valence-corrected chi connectivity index (χ0v) is 16.9. The van der Waals surface area contributed by atoms with Gasteiger partial charge in [0.25, 0.3) is 5.56 Å². The molecule has 0 saturated carbocycles. The maximum absolute atomic E-state index is 13.1. The topological polar surface area (TPSA) is 84.1 Å². The maximum Gasteiger partial charge on any atom is 0.433 e. The molecule has 4 heterocycles. The Morgan fingerprint density at radius 2 is 1.90 bits per heavy atom. The van der Waals surface area contributed by atoms with E-state index in [1.54, 1.807) is 6.92 Å². The summed E-state index contributed by atoms with van der Waals surface area (Å²) in [5.41, 5.74) is -0.167. The Bertz CT molecular complexity index is 1140. The van der Waals surface area contributed by atoms with Crippen molar-refractivity contribution < 1.29 is 18.3 Å². The standard InChI is InChI=1S/C21H22F3N5O2/c1-13(11-30)29-12-26-18-15(20(29)31)9-16(27-19(18)28-7-3-2-4-8-28)14-5-6-17(25-10-14)21(22,23)24/h5-6,9-10,12-13,30H,2-4,7-8,11H2,1H3/t13-/m0/s1. The number of hydrogen-bond donors (Lipinski definition) is 1. The molecule has 1 atom stereocenters. The second kappa shape index (κ2) is 8.26. The highest BCUT2D eigenvalue weighted by Crippen LogP contribution is 2.31. The first-order valence-electron chi connectivity index (χ1n) is 10.1. The van der Waals surface area contributed by atoms with Crippen LogP contribution in [0.25, 0.3) is 22.2 Å². The number of nitrogens with zero attached hydrogens (tertiary/aromatic N) is 5. The molecule has 0 aromatic carbocycles. The second-order valence-corrected chi connectivity index (χ2v) is 7.69. The Balaban J connectivity index is 1.90. The summed E-state index contributed by atoms with van der Waals surface area (Å²) in [5.74, 6) is 0.535. The molecule has 0 unspecified atom stereocenters. The van der Waals surface area contributed by atoms with E-state index in [9.17, 15) is 23.1 Å². The van der Waals surface area contributed by atoms with Crippen LogP contribution in [-0.4, -0.2) is 44.3 Å².